The minimum Gasteiger partial charge on any atom is -0.491 e. The Morgan fingerprint density at radius 1 is 1.04 bits per heavy atom. The highest BCUT2D eigenvalue weighted by atomic mass is 16.5. The van der Waals surface area contributed by atoms with Crippen molar-refractivity contribution in [2.45, 2.75) is 19.3 Å². The molecule has 132 valence electrons. The van der Waals surface area contributed by atoms with Crippen LogP contribution in [0.4, 0.5) is 0 Å². The highest BCUT2D eigenvalue weighted by Crippen LogP contribution is 2.40. The second-order valence-electron chi connectivity index (χ2n) is 7.00. The fourth-order valence-corrected chi connectivity index (χ4v) is 4.05. The molecule has 5 rings (SSSR count). The quantitative estimate of drug-likeness (QED) is 0.566. The number of para-hydroxylation sites is 1. The molecule has 4 heterocycles. The first-order chi connectivity index (χ1) is 12.8. The molecule has 2 aliphatic heterocycles. The summed E-state index contributed by atoms with van der Waals surface area (Å²) in [5, 5.41) is 0.906. The minimum absolute atomic E-state index is 0.0498. The number of aromatic nitrogens is 2. The van der Waals surface area contributed by atoms with E-state index >= 15 is 0 Å². The normalized spacial score (nSPS) is 16.7. The predicted octanol–water partition coefficient (Wildman–Crippen LogP) is 3.57. The van der Waals surface area contributed by atoms with Crippen molar-refractivity contribution >= 4 is 16.8 Å². The molecule has 0 spiro atoms. The van der Waals surface area contributed by atoms with Gasteiger partial charge in [-0.05, 0) is 50.2 Å². The number of benzene rings is 1. The highest BCUT2D eigenvalue weighted by Gasteiger charge is 2.32. The van der Waals surface area contributed by atoms with Crippen molar-refractivity contribution in [1.82, 2.24) is 14.5 Å². The molecule has 2 aliphatic rings. The van der Waals surface area contributed by atoms with E-state index in [1.54, 1.807) is 10.8 Å². The average Bonchev–Trinajstić information content (AvgIpc) is 3.26. The summed E-state index contributed by atoms with van der Waals surface area (Å²) in [5.74, 6) is 0.627. The van der Waals surface area contributed by atoms with Crippen molar-refractivity contribution in [3.63, 3.8) is 0 Å². The van der Waals surface area contributed by atoms with E-state index in [0.29, 0.717) is 17.9 Å². The Kier molecular flexibility index (Phi) is 3.75. The lowest BCUT2D eigenvalue weighted by Gasteiger charge is -2.26. The van der Waals surface area contributed by atoms with Crippen LogP contribution in [0.25, 0.3) is 22.3 Å². The summed E-state index contributed by atoms with van der Waals surface area (Å²) in [6.45, 7) is 3.76. The number of piperidine rings is 1. The summed E-state index contributed by atoms with van der Waals surface area (Å²) in [6, 6.07) is 11.7. The summed E-state index contributed by atoms with van der Waals surface area (Å²) in [6.07, 6.45) is 5.65. The number of ether oxygens (including phenoxy) is 1. The van der Waals surface area contributed by atoms with Gasteiger partial charge in [0.2, 0.25) is 0 Å². The van der Waals surface area contributed by atoms with Gasteiger partial charge in [-0.1, -0.05) is 18.6 Å². The zero-order valence-corrected chi connectivity index (χ0v) is 14.6. The van der Waals surface area contributed by atoms with Crippen LogP contribution in [0.5, 0.6) is 5.75 Å². The standard InChI is InChI=1S/C21H21N3O2/c25-21-18-19(17-9-6-12-24(17)21)22-16-8-3-2-7-15(16)20(18)26-14-13-23-10-4-1-5-11-23/h2-3,6-9,12H,1,4-5,10-11,13-14H2. The third-order valence-corrected chi connectivity index (χ3v) is 5.37. The van der Waals surface area contributed by atoms with Gasteiger partial charge in [0.25, 0.3) is 5.91 Å². The van der Waals surface area contributed by atoms with Crippen molar-refractivity contribution in [3.8, 4) is 17.1 Å². The molecule has 3 aromatic rings. The Balaban J connectivity index is 1.52. The van der Waals surface area contributed by atoms with Gasteiger partial charge >= 0.3 is 0 Å². The second kappa shape index (κ2) is 6.25. The van der Waals surface area contributed by atoms with Gasteiger partial charge in [-0.2, -0.15) is 0 Å². The third kappa shape index (κ3) is 2.42. The smallest absolute Gasteiger partial charge is 0.268 e. The molecule has 0 amide bonds. The van der Waals surface area contributed by atoms with E-state index in [1.807, 2.05) is 36.4 Å². The zero-order valence-electron chi connectivity index (χ0n) is 14.6. The first-order valence-electron chi connectivity index (χ1n) is 9.33. The number of hydrogen-bond donors (Lipinski definition) is 0. The molecule has 0 radical (unpaired) electrons. The van der Waals surface area contributed by atoms with E-state index in [9.17, 15) is 4.79 Å². The average molecular weight is 347 g/mol. The summed E-state index contributed by atoms with van der Waals surface area (Å²) in [7, 11) is 0. The largest absolute Gasteiger partial charge is 0.491 e. The van der Waals surface area contributed by atoms with Crippen molar-refractivity contribution in [2.24, 2.45) is 0 Å². The van der Waals surface area contributed by atoms with E-state index < -0.39 is 0 Å². The lowest BCUT2D eigenvalue weighted by Crippen LogP contribution is -2.33. The maximum Gasteiger partial charge on any atom is 0.268 e. The number of rotatable bonds is 4. The van der Waals surface area contributed by atoms with Gasteiger partial charge in [0.15, 0.2) is 0 Å². The molecular weight excluding hydrogens is 326 g/mol. The van der Waals surface area contributed by atoms with Gasteiger partial charge in [-0.15, -0.1) is 0 Å². The van der Waals surface area contributed by atoms with Crippen LogP contribution >= 0.6 is 0 Å². The molecule has 1 fully saturated rings. The van der Waals surface area contributed by atoms with Crippen LogP contribution < -0.4 is 4.74 Å². The van der Waals surface area contributed by atoms with Crippen LogP contribution in [0.1, 0.15) is 29.6 Å². The number of pyridine rings is 1. The van der Waals surface area contributed by atoms with Gasteiger partial charge in [0, 0.05) is 18.1 Å². The van der Waals surface area contributed by atoms with Crippen LogP contribution in [0.3, 0.4) is 0 Å². The van der Waals surface area contributed by atoms with Crippen LogP contribution in [0.2, 0.25) is 0 Å². The molecule has 0 saturated carbocycles. The summed E-state index contributed by atoms with van der Waals surface area (Å²) >= 11 is 0. The molecule has 0 N–H and O–H groups in total. The third-order valence-electron chi connectivity index (χ3n) is 5.37. The van der Waals surface area contributed by atoms with Gasteiger partial charge < -0.3 is 4.74 Å². The molecule has 0 aliphatic carbocycles. The number of hydrogen-bond acceptors (Lipinski definition) is 4. The highest BCUT2D eigenvalue weighted by molar-refractivity contribution is 6.13. The molecule has 0 unspecified atom stereocenters. The van der Waals surface area contributed by atoms with Gasteiger partial charge in [0.05, 0.1) is 11.2 Å². The van der Waals surface area contributed by atoms with E-state index in [2.05, 4.69) is 4.90 Å². The molecule has 5 heteroatoms. The van der Waals surface area contributed by atoms with Gasteiger partial charge in [0.1, 0.15) is 23.6 Å². The van der Waals surface area contributed by atoms with E-state index in [-0.39, 0.29) is 5.91 Å². The first kappa shape index (κ1) is 15.6. The van der Waals surface area contributed by atoms with Crippen molar-refractivity contribution in [3.05, 3.63) is 48.2 Å². The van der Waals surface area contributed by atoms with E-state index in [1.165, 1.54) is 19.3 Å². The molecular formula is C21H21N3O2. The Labute approximate surface area is 152 Å². The van der Waals surface area contributed by atoms with E-state index in [0.717, 1.165) is 41.9 Å². The lowest BCUT2D eigenvalue weighted by molar-refractivity contribution is 0.0964. The molecule has 26 heavy (non-hydrogen) atoms. The molecule has 2 aromatic heterocycles. The summed E-state index contributed by atoms with van der Waals surface area (Å²) in [5.41, 5.74) is 3.03. The SMILES string of the molecule is O=C1c2c(nc3ccccc3c2OCCN2CCCCC2)-c2cccn21. The summed E-state index contributed by atoms with van der Waals surface area (Å²) in [4.78, 5) is 20.1. The van der Waals surface area contributed by atoms with Crippen LogP contribution in [0.15, 0.2) is 42.6 Å². The minimum atomic E-state index is -0.0498. The maximum atomic E-state index is 12.9. The molecule has 1 saturated heterocycles. The van der Waals surface area contributed by atoms with Crippen LogP contribution in [-0.4, -0.2) is 46.6 Å². The van der Waals surface area contributed by atoms with Crippen LogP contribution in [-0.2, 0) is 0 Å². The Hall–Kier alpha value is -2.66. The van der Waals surface area contributed by atoms with Gasteiger partial charge in [-0.25, -0.2) is 4.98 Å². The van der Waals surface area contributed by atoms with Crippen molar-refractivity contribution in [1.29, 1.82) is 0 Å². The molecule has 5 nitrogen and oxygen atoms in total. The molecule has 0 atom stereocenters. The number of fused-ring (bicyclic) bond motifs is 4. The monoisotopic (exact) mass is 347 g/mol. The fraction of sp³-hybridized carbons (Fsp3) is 0.333. The predicted molar refractivity (Wildman–Crippen MR) is 101 cm³/mol. The lowest BCUT2D eigenvalue weighted by atomic mass is 10.1. The van der Waals surface area contributed by atoms with Crippen molar-refractivity contribution < 1.29 is 9.53 Å². The molecule has 1 aromatic carbocycles. The number of carbonyl (C=O) groups excluding carboxylic acids is 1. The second-order valence-corrected chi connectivity index (χ2v) is 7.00. The number of nitrogens with zero attached hydrogens (tertiary/aromatic N) is 3. The first-order valence-corrected chi connectivity index (χ1v) is 9.33. The number of carbonyl (C=O) groups is 1. The zero-order chi connectivity index (χ0) is 17.5. The fourth-order valence-electron chi connectivity index (χ4n) is 4.05. The van der Waals surface area contributed by atoms with E-state index in [4.69, 9.17) is 9.72 Å². The topological polar surface area (TPSA) is 47.4 Å². The van der Waals surface area contributed by atoms with Crippen molar-refractivity contribution in [2.75, 3.05) is 26.2 Å². The summed E-state index contributed by atoms with van der Waals surface area (Å²) < 4.78 is 7.88. The Bertz CT molecular complexity index is 986. The van der Waals surface area contributed by atoms with Gasteiger partial charge in [-0.3, -0.25) is 14.3 Å². The Morgan fingerprint density at radius 3 is 2.77 bits per heavy atom. The molecule has 0 bridgehead atoms. The Morgan fingerprint density at radius 2 is 1.88 bits per heavy atom. The van der Waals surface area contributed by atoms with Crippen LogP contribution in [0, 0.1) is 0 Å². The number of likely N-dealkylation sites (tertiary alicyclic amines) is 1. The maximum absolute atomic E-state index is 12.9.